The zero-order chi connectivity index (χ0) is 15.5. The molecule has 0 bridgehead atoms. The lowest BCUT2D eigenvalue weighted by Gasteiger charge is -2.35. The van der Waals surface area contributed by atoms with Gasteiger partial charge >= 0.3 is 5.97 Å². The van der Waals surface area contributed by atoms with E-state index >= 15 is 0 Å². The Morgan fingerprint density at radius 2 is 2.10 bits per heavy atom. The first-order valence-electron chi connectivity index (χ1n) is 6.59. The number of rotatable bonds is 5. The highest BCUT2D eigenvalue weighted by Gasteiger charge is 2.39. The topological polar surface area (TPSA) is 86.7 Å². The summed E-state index contributed by atoms with van der Waals surface area (Å²) in [7, 11) is 0. The van der Waals surface area contributed by atoms with Crippen molar-refractivity contribution in [2.24, 2.45) is 5.92 Å². The van der Waals surface area contributed by atoms with Gasteiger partial charge in [-0.3, -0.25) is 14.4 Å². The third-order valence-electron chi connectivity index (χ3n) is 2.98. The monoisotopic (exact) mass is 302 g/mol. The van der Waals surface area contributed by atoms with Gasteiger partial charge in [-0.2, -0.15) is 0 Å². The van der Waals surface area contributed by atoms with Crippen LogP contribution in [0.3, 0.4) is 0 Å². The minimum Gasteiger partial charge on any atom is -0.480 e. The fourth-order valence-electron chi connectivity index (χ4n) is 1.92. The molecule has 1 aliphatic heterocycles. The van der Waals surface area contributed by atoms with E-state index in [0.717, 1.165) is 0 Å². The van der Waals surface area contributed by atoms with Crippen molar-refractivity contribution in [2.45, 2.75) is 38.5 Å². The smallest absolute Gasteiger partial charge is 0.323 e. The molecule has 1 saturated heterocycles. The lowest BCUT2D eigenvalue weighted by atomic mass is 10.1. The van der Waals surface area contributed by atoms with E-state index in [1.807, 2.05) is 13.8 Å². The van der Waals surface area contributed by atoms with Crippen molar-refractivity contribution >= 4 is 29.5 Å². The van der Waals surface area contributed by atoms with Crippen molar-refractivity contribution in [2.75, 3.05) is 18.8 Å². The molecule has 2 N–H and O–H groups in total. The van der Waals surface area contributed by atoms with E-state index in [9.17, 15) is 14.4 Å². The lowest BCUT2D eigenvalue weighted by Crippen LogP contribution is -2.58. The van der Waals surface area contributed by atoms with Crippen molar-refractivity contribution in [3.8, 4) is 0 Å². The van der Waals surface area contributed by atoms with Crippen molar-refractivity contribution in [1.82, 2.24) is 10.2 Å². The predicted octanol–water partition coefficient (Wildman–Crippen LogP) is 0.566. The average molecular weight is 302 g/mol. The molecule has 0 radical (unpaired) electrons. The third kappa shape index (κ3) is 4.40. The summed E-state index contributed by atoms with van der Waals surface area (Å²) in [5, 5.41) is 11.6. The number of carbonyl (C=O) groups excluding carboxylic acids is 2. The Morgan fingerprint density at radius 3 is 2.55 bits per heavy atom. The summed E-state index contributed by atoms with van der Waals surface area (Å²) in [6.45, 7) is 7.47. The van der Waals surface area contributed by atoms with E-state index in [2.05, 4.69) is 5.32 Å². The Labute approximate surface area is 123 Å². The van der Waals surface area contributed by atoms with Gasteiger partial charge in [0.1, 0.15) is 12.6 Å². The number of carboxylic acids is 1. The zero-order valence-corrected chi connectivity index (χ0v) is 13.1. The molecule has 2 amide bonds. The standard InChI is InChI=1S/C13H22N2O4S/c1-8(2)5-15(6-10(16)17)11(18)9-7-20-13(3,4)12(19)14-9/h8-9H,5-7H2,1-4H3,(H,14,19)(H,16,17)/t9-/m0/s1. The summed E-state index contributed by atoms with van der Waals surface area (Å²) in [5.41, 5.74) is 0. The first-order valence-corrected chi connectivity index (χ1v) is 7.57. The molecule has 1 fully saturated rings. The molecule has 1 rings (SSSR count). The fraction of sp³-hybridized carbons (Fsp3) is 0.769. The molecule has 114 valence electrons. The highest BCUT2D eigenvalue weighted by molar-refractivity contribution is 8.01. The largest absolute Gasteiger partial charge is 0.480 e. The maximum absolute atomic E-state index is 12.4. The minimum absolute atomic E-state index is 0.168. The molecule has 0 aromatic rings. The fourth-order valence-corrected chi connectivity index (χ4v) is 2.92. The highest BCUT2D eigenvalue weighted by atomic mass is 32.2. The van der Waals surface area contributed by atoms with Crippen LogP contribution in [-0.4, -0.2) is 57.4 Å². The van der Waals surface area contributed by atoms with Crippen LogP contribution in [0.15, 0.2) is 0 Å². The van der Waals surface area contributed by atoms with Crippen LogP contribution in [0.25, 0.3) is 0 Å². The van der Waals surface area contributed by atoms with Gasteiger partial charge < -0.3 is 15.3 Å². The van der Waals surface area contributed by atoms with Gasteiger partial charge in [0.25, 0.3) is 0 Å². The minimum atomic E-state index is -1.05. The molecule has 0 aromatic heterocycles. The number of nitrogens with one attached hydrogen (secondary N) is 1. The van der Waals surface area contributed by atoms with Gasteiger partial charge in [-0.1, -0.05) is 13.8 Å². The van der Waals surface area contributed by atoms with Crippen molar-refractivity contribution < 1.29 is 19.5 Å². The maximum Gasteiger partial charge on any atom is 0.323 e. The number of aliphatic carboxylic acids is 1. The maximum atomic E-state index is 12.4. The number of thioether (sulfide) groups is 1. The second-order valence-corrected chi connectivity index (χ2v) is 7.50. The molecule has 1 heterocycles. The first-order chi connectivity index (χ1) is 9.13. The average Bonchev–Trinajstić information content (AvgIpc) is 2.30. The Kier molecular flexibility index (Phi) is 5.44. The van der Waals surface area contributed by atoms with E-state index in [0.29, 0.717) is 12.3 Å². The molecule has 0 unspecified atom stereocenters. The van der Waals surface area contributed by atoms with Crippen LogP contribution in [0.4, 0.5) is 0 Å². The molecule has 1 aliphatic rings. The van der Waals surface area contributed by atoms with Crippen LogP contribution in [0.2, 0.25) is 0 Å². The summed E-state index contributed by atoms with van der Waals surface area (Å²) < 4.78 is -0.549. The summed E-state index contributed by atoms with van der Waals surface area (Å²) in [5.74, 6) is -0.925. The van der Waals surface area contributed by atoms with Gasteiger partial charge in [0.05, 0.1) is 4.75 Å². The molecule has 1 atom stereocenters. The predicted molar refractivity (Wildman–Crippen MR) is 77.5 cm³/mol. The number of amides is 2. The SMILES string of the molecule is CC(C)CN(CC(=O)O)C(=O)[C@@H]1CSC(C)(C)C(=O)N1. The van der Waals surface area contributed by atoms with Gasteiger partial charge in [-0.15, -0.1) is 11.8 Å². The Morgan fingerprint density at radius 1 is 1.50 bits per heavy atom. The summed E-state index contributed by atoms with van der Waals surface area (Å²) >= 11 is 1.41. The van der Waals surface area contributed by atoms with Gasteiger partial charge in [0.2, 0.25) is 11.8 Å². The molecular weight excluding hydrogens is 280 g/mol. The zero-order valence-electron chi connectivity index (χ0n) is 12.3. The van der Waals surface area contributed by atoms with Crippen molar-refractivity contribution in [1.29, 1.82) is 0 Å². The number of carbonyl (C=O) groups is 3. The molecular formula is C13H22N2O4S. The summed E-state index contributed by atoms with van der Waals surface area (Å²) in [6, 6.07) is -0.640. The summed E-state index contributed by atoms with van der Waals surface area (Å²) in [6.07, 6.45) is 0. The van der Waals surface area contributed by atoms with Crippen LogP contribution >= 0.6 is 11.8 Å². The second kappa shape index (κ2) is 6.47. The lowest BCUT2D eigenvalue weighted by molar-refractivity contribution is -0.146. The second-order valence-electron chi connectivity index (χ2n) is 5.85. The third-order valence-corrected chi connectivity index (χ3v) is 4.39. The van der Waals surface area contributed by atoms with E-state index in [1.165, 1.54) is 16.7 Å². The molecule has 6 nitrogen and oxygen atoms in total. The Hall–Kier alpha value is -1.24. The van der Waals surface area contributed by atoms with Gasteiger partial charge in [0, 0.05) is 12.3 Å². The Balaban J connectivity index is 2.75. The first kappa shape index (κ1) is 16.8. The number of hydrogen-bond acceptors (Lipinski definition) is 4. The van der Waals surface area contributed by atoms with E-state index in [-0.39, 0.29) is 24.3 Å². The normalized spacial score (nSPS) is 21.4. The van der Waals surface area contributed by atoms with Crippen molar-refractivity contribution in [3.63, 3.8) is 0 Å². The number of carboxylic acid groups (broad SMARTS) is 1. The van der Waals surface area contributed by atoms with Crippen molar-refractivity contribution in [3.05, 3.63) is 0 Å². The molecule has 20 heavy (non-hydrogen) atoms. The van der Waals surface area contributed by atoms with E-state index in [4.69, 9.17) is 5.11 Å². The molecule has 0 saturated carbocycles. The van der Waals surface area contributed by atoms with Gasteiger partial charge in [0.15, 0.2) is 0 Å². The van der Waals surface area contributed by atoms with Crippen LogP contribution < -0.4 is 5.32 Å². The van der Waals surface area contributed by atoms with Crippen LogP contribution in [-0.2, 0) is 14.4 Å². The van der Waals surface area contributed by atoms with E-state index < -0.39 is 16.8 Å². The van der Waals surface area contributed by atoms with Crippen LogP contribution in [0.5, 0.6) is 0 Å². The van der Waals surface area contributed by atoms with E-state index in [1.54, 1.807) is 13.8 Å². The number of nitrogens with zero attached hydrogens (tertiary/aromatic N) is 1. The van der Waals surface area contributed by atoms with Gasteiger partial charge in [-0.05, 0) is 19.8 Å². The molecule has 0 aromatic carbocycles. The Bertz CT molecular complexity index is 409. The number of hydrogen-bond donors (Lipinski definition) is 2. The van der Waals surface area contributed by atoms with Crippen LogP contribution in [0, 0.1) is 5.92 Å². The highest BCUT2D eigenvalue weighted by Crippen LogP contribution is 2.29. The van der Waals surface area contributed by atoms with Crippen LogP contribution in [0.1, 0.15) is 27.7 Å². The quantitative estimate of drug-likeness (QED) is 0.775. The van der Waals surface area contributed by atoms with Gasteiger partial charge in [-0.25, -0.2) is 0 Å². The molecule has 0 aliphatic carbocycles. The summed E-state index contributed by atoms with van der Waals surface area (Å²) in [4.78, 5) is 36.4. The molecule has 7 heteroatoms. The molecule has 0 spiro atoms.